The van der Waals surface area contributed by atoms with E-state index in [9.17, 15) is 4.79 Å². The first-order chi connectivity index (χ1) is 9.56. The number of aryl methyl sites for hydroxylation is 2. The fourth-order valence-corrected chi connectivity index (χ4v) is 2.38. The standard InChI is InChI=1S/C14H22N4O2/c1-10-8-11(2)17-14(16-10)20-9-13(19)18(3)12-4-6-15-7-5-12/h8,12,15H,4-7,9H2,1-3H3. The summed E-state index contributed by atoms with van der Waals surface area (Å²) in [6.07, 6.45) is 1.98. The van der Waals surface area contributed by atoms with Crippen LogP contribution in [0.15, 0.2) is 6.07 Å². The third kappa shape index (κ3) is 3.90. The Morgan fingerprint density at radius 1 is 1.35 bits per heavy atom. The predicted octanol–water partition coefficient (Wildman–Crippen LogP) is 0.683. The molecule has 6 heteroatoms. The summed E-state index contributed by atoms with van der Waals surface area (Å²) in [6.45, 7) is 5.67. The van der Waals surface area contributed by atoms with Crippen LogP contribution in [-0.2, 0) is 4.79 Å². The fourth-order valence-electron chi connectivity index (χ4n) is 2.38. The molecule has 1 fully saturated rings. The molecule has 0 spiro atoms. The number of hydrogen-bond donors (Lipinski definition) is 1. The SMILES string of the molecule is Cc1cc(C)nc(OCC(=O)N(C)C2CCNCC2)n1. The Balaban J connectivity index is 1.87. The highest BCUT2D eigenvalue weighted by Crippen LogP contribution is 2.11. The van der Waals surface area contributed by atoms with Crippen LogP contribution in [0.4, 0.5) is 0 Å². The van der Waals surface area contributed by atoms with Crippen molar-refractivity contribution in [3.63, 3.8) is 0 Å². The van der Waals surface area contributed by atoms with E-state index in [4.69, 9.17) is 4.74 Å². The average molecular weight is 278 g/mol. The van der Waals surface area contributed by atoms with E-state index in [1.54, 1.807) is 4.90 Å². The van der Waals surface area contributed by atoms with Crippen molar-refractivity contribution in [1.82, 2.24) is 20.2 Å². The lowest BCUT2D eigenvalue weighted by Crippen LogP contribution is -2.45. The summed E-state index contributed by atoms with van der Waals surface area (Å²) in [5.41, 5.74) is 1.68. The normalized spacial score (nSPS) is 15.9. The number of piperidine rings is 1. The highest BCUT2D eigenvalue weighted by atomic mass is 16.5. The molecule has 0 saturated carbocycles. The second-order valence-corrected chi connectivity index (χ2v) is 5.21. The lowest BCUT2D eigenvalue weighted by atomic mass is 10.1. The first-order valence-corrected chi connectivity index (χ1v) is 6.97. The van der Waals surface area contributed by atoms with Crippen molar-refractivity contribution >= 4 is 5.91 Å². The van der Waals surface area contributed by atoms with Gasteiger partial charge in [0.05, 0.1) is 0 Å². The minimum atomic E-state index is -0.0281. The molecule has 2 rings (SSSR count). The van der Waals surface area contributed by atoms with Crippen LogP contribution in [0.1, 0.15) is 24.2 Å². The number of rotatable bonds is 4. The zero-order valence-corrected chi connectivity index (χ0v) is 12.3. The van der Waals surface area contributed by atoms with Crippen LogP contribution in [0.2, 0.25) is 0 Å². The molecule has 1 N–H and O–H groups in total. The van der Waals surface area contributed by atoms with Crippen LogP contribution in [0.25, 0.3) is 0 Å². The van der Waals surface area contributed by atoms with Gasteiger partial charge in [0.25, 0.3) is 5.91 Å². The Morgan fingerprint density at radius 2 is 1.95 bits per heavy atom. The first kappa shape index (κ1) is 14.7. The van der Waals surface area contributed by atoms with Crippen molar-refractivity contribution < 1.29 is 9.53 Å². The first-order valence-electron chi connectivity index (χ1n) is 6.97. The van der Waals surface area contributed by atoms with Gasteiger partial charge in [-0.05, 0) is 45.8 Å². The number of hydrogen-bond acceptors (Lipinski definition) is 5. The van der Waals surface area contributed by atoms with Crippen LogP contribution in [-0.4, -0.2) is 53.6 Å². The second-order valence-electron chi connectivity index (χ2n) is 5.21. The van der Waals surface area contributed by atoms with E-state index >= 15 is 0 Å². The molecule has 0 bridgehead atoms. The van der Waals surface area contributed by atoms with Crippen molar-refractivity contribution in [3.8, 4) is 6.01 Å². The fraction of sp³-hybridized carbons (Fsp3) is 0.643. The van der Waals surface area contributed by atoms with Gasteiger partial charge in [-0.1, -0.05) is 0 Å². The van der Waals surface area contributed by atoms with Crippen LogP contribution in [0, 0.1) is 13.8 Å². The number of aromatic nitrogens is 2. The summed E-state index contributed by atoms with van der Waals surface area (Å²) in [4.78, 5) is 22.2. The third-order valence-electron chi connectivity index (χ3n) is 3.54. The lowest BCUT2D eigenvalue weighted by Gasteiger charge is -2.31. The molecule has 0 atom stereocenters. The van der Waals surface area contributed by atoms with Crippen LogP contribution < -0.4 is 10.1 Å². The van der Waals surface area contributed by atoms with Gasteiger partial charge in [-0.25, -0.2) is 9.97 Å². The van der Waals surface area contributed by atoms with Gasteiger partial charge in [0, 0.05) is 24.5 Å². The number of nitrogens with one attached hydrogen (secondary N) is 1. The maximum atomic E-state index is 12.1. The van der Waals surface area contributed by atoms with Gasteiger partial charge >= 0.3 is 6.01 Å². The number of amides is 1. The number of nitrogens with zero attached hydrogens (tertiary/aromatic N) is 3. The smallest absolute Gasteiger partial charge is 0.317 e. The van der Waals surface area contributed by atoms with E-state index in [0.717, 1.165) is 37.3 Å². The highest BCUT2D eigenvalue weighted by Gasteiger charge is 2.22. The van der Waals surface area contributed by atoms with E-state index in [2.05, 4.69) is 15.3 Å². The number of likely N-dealkylation sites (N-methyl/N-ethyl adjacent to an activating group) is 1. The lowest BCUT2D eigenvalue weighted by molar-refractivity contribution is -0.134. The monoisotopic (exact) mass is 278 g/mol. The van der Waals surface area contributed by atoms with Crippen molar-refractivity contribution in [2.45, 2.75) is 32.7 Å². The molecular formula is C14H22N4O2. The Bertz CT molecular complexity index is 452. The van der Waals surface area contributed by atoms with Crippen LogP contribution >= 0.6 is 0 Å². The molecule has 6 nitrogen and oxygen atoms in total. The Hall–Kier alpha value is -1.69. The van der Waals surface area contributed by atoms with Crippen LogP contribution in [0.3, 0.4) is 0 Å². The molecule has 0 unspecified atom stereocenters. The molecule has 0 aliphatic carbocycles. The van der Waals surface area contributed by atoms with Gasteiger partial charge in [0.2, 0.25) is 0 Å². The summed E-state index contributed by atoms with van der Waals surface area (Å²) in [5, 5.41) is 3.29. The Kier molecular flexibility index (Phi) is 4.89. The molecule has 1 amide bonds. The largest absolute Gasteiger partial charge is 0.453 e. The summed E-state index contributed by atoms with van der Waals surface area (Å²) >= 11 is 0. The van der Waals surface area contributed by atoms with Gasteiger partial charge in [-0.15, -0.1) is 0 Å². The van der Waals surface area contributed by atoms with E-state index in [-0.39, 0.29) is 18.5 Å². The summed E-state index contributed by atoms with van der Waals surface area (Å²) in [7, 11) is 1.84. The maximum Gasteiger partial charge on any atom is 0.317 e. The van der Waals surface area contributed by atoms with E-state index in [1.165, 1.54) is 0 Å². The molecule has 0 radical (unpaired) electrons. The molecule has 1 aromatic heterocycles. The predicted molar refractivity (Wildman–Crippen MR) is 75.7 cm³/mol. The van der Waals surface area contributed by atoms with Crippen molar-refractivity contribution in [3.05, 3.63) is 17.5 Å². The summed E-state index contributed by atoms with van der Waals surface area (Å²) in [5.74, 6) is -0.0281. The molecule has 1 aliphatic heterocycles. The molecule has 110 valence electrons. The molecule has 1 saturated heterocycles. The topological polar surface area (TPSA) is 67.3 Å². The molecule has 20 heavy (non-hydrogen) atoms. The van der Waals surface area contributed by atoms with E-state index in [0.29, 0.717) is 6.04 Å². The molecule has 2 heterocycles. The van der Waals surface area contributed by atoms with Gasteiger partial charge in [-0.3, -0.25) is 4.79 Å². The van der Waals surface area contributed by atoms with Crippen molar-refractivity contribution in [1.29, 1.82) is 0 Å². The quantitative estimate of drug-likeness (QED) is 0.877. The average Bonchev–Trinajstić information content (AvgIpc) is 2.44. The number of carbonyl (C=O) groups excluding carboxylic acids is 1. The third-order valence-corrected chi connectivity index (χ3v) is 3.54. The molecule has 1 aromatic rings. The van der Waals surface area contributed by atoms with Gasteiger partial charge in [0.1, 0.15) is 0 Å². The van der Waals surface area contributed by atoms with Crippen LogP contribution in [0.5, 0.6) is 6.01 Å². The second kappa shape index (κ2) is 6.65. The number of ether oxygens (including phenoxy) is 1. The molecule has 1 aliphatic rings. The Labute approximate surface area is 119 Å². The minimum absolute atomic E-state index is 0.0106. The van der Waals surface area contributed by atoms with E-state index in [1.807, 2.05) is 27.0 Å². The van der Waals surface area contributed by atoms with Gasteiger partial charge < -0.3 is 15.0 Å². The minimum Gasteiger partial charge on any atom is -0.453 e. The van der Waals surface area contributed by atoms with Crippen molar-refractivity contribution in [2.75, 3.05) is 26.7 Å². The number of carbonyl (C=O) groups is 1. The summed E-state index contributed by atoms with van der Waals surface area (Å²) < 4.78 is 5.41. The van der Waals surface area contributed by atoms with Gasteiger partial charge in [-0.2, -0.15) is 0 Å². The maximum absolute atomic E-state index is 12.1. The zero-order valence-electron chi connectivity index (χ0n) is 12.3. The Morgan fingerprint density at radius 3 is 2.55 bits per heavy atom. The molecular weight excluding hydrogens is 256 g/mol. The van der Waals surface area contributed by atoms with Crippen molar-refractivity contribution in [2.24, 2.45) is 0 Å². The van der Waals surface area contributed by atoms with E-state index < -0.39 is 0 Å². The van der Waals surface area contributed by atoms with Gasteiger partial charge in [0.15, 0.2) is 6.61 Å². The highest BCUT2D eigenvalue weighted by molar-refractivity contribution is 5.77. The zero-order chi connectivity index (χ0) is 14.5. The molecule has 0 aromatic carbocycles. The summed E-state index contributed by atoms with van der Waals surface area (Å²) in [6, 6.07) is 2.44.